The number of non-ortho nitro benzene ring substituents is 1. The first kappa shape index (κ1) is 21.0. The number of carbonyl (C=O) groups is 1. The molecule has 0 atom stereocenters. The van der Waals surface area contributed by atoms with E-state index >= 15 is 0 Å². The lowest BCUT2D eigenvalue weighted by Crippen LogP contribution is -2.33. The van der Waals surface area contributed by atoms with Crippen LogP contribution >= 0.6 is 0 Å². The maximum Gasteiger partial charge on any atom is 0.270 e. The van der Waals surface area contributed by atoms with E-state index in [0.717, 1.165) is 26.7 Å². The summed E-state index contributed by atoms with van der Waals surface area (Å²) in [4.78, 5) is 41.6. The number of nitrogens with zero attached hydrogens (tertiary/aromatic N) is 4. The van der Waals surface area contributed by atoms with Gasteiger partial charge in [0.2, 0.25) is 5.91 Å². The average molecular weight is 432 g/mol. The fraction of sp³-hybridized carbons (Fsp3) is 0.174. The zero-order valence-corrected chi connectivity index (χ0v) is 17.5. The molecular formula is C23H20N4O5. The Bertz CT molecular complexity index is 1410. The molecular weight excluding hydrogens is 412 g/mol. The van der Waals surface area contributed by atoms with Gasteiger partial charge in [-0.25, -0.2) is 4.98 Å². The Morgan fingerprint density at radius 3 is 2.62 bits per heavy atom. The van der Waals surface area contributed by atoms with Crippen molar-refractivity contribution in [1.82, 2.24) is 14.5 Å². The molecule has 4 aromatic rings. The van der Waals surface area contributed by atoms with Gasteiger partial charge in [-0.1, -0.05) is 18.2 Å². The number of aromatic nitrogens is 2. The summed E-state index contributed by atoms with van der Waals surface area (Å²) < 4.78 is 6.40. The second kappa shape index (κ2) is 8.46. The van der Waals surface area contributed by atoms with E-state index in [0.29, 0.717) is 12.1 Å². The van der Waals surface area contributed by atoms with Crippen LogP contribution in [0.4, 0.5) is 5.69 Å². The number of ether oxygens (including phenoxy) is 1. The number of nitro groups is 1. The fourth-order valence-corrected chi connectivity index (χ4v) is 3.50. The van der Waals surface area contributed by atoms with Crippen LogP contribution in [0, 0.1) is 10.1 Å². The maximum absolute atomic E-state index is 12.7. The summed E-state index contributed by atoms with van der Waals surface area (Å²) in [6.07, 6.45) is 1.28. The van der Waals surface area contributed by atoms with Crippen LogP contribution < -0.4 is 10.3 Å². The minimum Gasteiger partial charge on any atom is -0.497 e. The molecule has 4 rings (SSSR count). The van der Waals surface area contributed by atoms with E-state index in [9.17, 15) is 19.7 Å². The minimum absolute atomic E-state index is 0.0992. The van der Waals surface area contributed by atoms with Crippen molar-refractivity contribution in [3.8, 4) is 5.75 Å². The van der Waals surface area contributed by atoms with Crippen molar-refractivity contribution < 1.29 is 14.5 Å². The lowest BCUT2D eigenvalue weighted by Gasteiger charge is -2.18. The van der Waals surface area contributed by atoms with Gasteiger partial charge in [-0.15, -0.1) is 0 Å². The lowest BCUT2D eigenvalue weighted by molar-refractivity contribution is -0.384. The summed E-state index contributed by atoms with van der Waals surface area (Å²) in [7, 11) is 3.28. The SMILES string of the molecule is COc1ccc2cc(CN(C)C(=O)Cn3cnc4ccc([N+](=O)[O-])cc4c3=O)ccc2c1. The predicted molar refractivity (Wildman–Crippen MR) is 120 cm³/mol. The Morgan fingerprint density at radius 1 is 1.12 bits per heavy atom. The Balaban J connectivity index is 1.52. The number of fused-ring (bicyclic) bond motifs is 2. The number of amides is 1. The van der Waals surface area contributed by atoms with Crippen LogP contribution in [0.15, 0.2) is 65.7 Å². The summed E-state index contributed by atoms with van der Waals surface area (Å²) in [5.74, 6) is 0.492. The highest BCUT2D eigenvalue weighted by molar-refractivity contribution is 5.85. The highest BCUT2D eigenvalue weighted by atomic mass is 16.6. The molecule has 162 valence electrons. The number of nitro benzene ring substituents is 1. The molecule has 0 aliphatic rings. The Hall–Kier alpha value is -4.27. The molecule has 0 aliphatic carbocycles. The molecule has 0 saturated heterocycles. The smallest absolute Gasteiger partial charge is 0.270 e. The summed E-state index contributed by atoms with van der Waals surface area (Å²) >= 11 is 0. The van der Waals surface area contributed by atoms with Gasteiger partial charge in [0.25, 0.3) is 11.2 Å². The summed E-state index contributed by atoms with van der Waals surface area (Å²) in [6.45, 7) is 0.147. The molecule has 32 heavy (non-hydrogen) atoms. The van der Waals surface area contributed by atoms with Crippen molar-refractivity contribution in [2.45, 2.75) is 13.1 Å². The number of carbonyl (C=O) groups excluding carboxylic acids is 1. The van der Waals surface area contributed by atoms with E-state index in [1.807, 2.05) is 36.4 Å². The van der Waals surface area contributed by atoms with Crippen LogP contribution in [0.25, 0.3) is 21.7 Å². The van der Waals surface area contributed by atoms with Crippen molar-refractivity contribution >= 4 is 33.3 Å². The largest absolute Gasteiger partial charge is 0.497 e. The molecule has 1 amide bonds. The maximum atomic E-state index is 12.7. The van der Waals surface area contributed by atoms with Crippen LogP contribution in [-0.2, 0) is 17.9 Å². The van der Waals surface area contributed by atoms with E-state index in [2.05, 4.69) is 4.98 Å². The number of methoxy groups -OCH3 is 1. The Morgan fingerprint density at radius 2 is 1.88 bits per heavy atom. The standard InChI is InChI=1S/C23H20N4O5/c1-25(12-15-3-4-17-10-19(32-2)7-5-16(17)9-15)22(28)13-26-14-24-21-8-6-18(27(30)31)11-20(21)23(26)29/h3-11,14H,12-13H2,1-2H3. The molecule has 0 spiro atoms. The normalized spacial score (nSPS) is 10.9. The third-order valence-electron chi connectivity index (χ3n) is 5.28. The summed E-state index contributed by atoms with van der Waals surface area (Å²) in [6, 6.07) is 15.6. The minimum atomic E-state index is -0.575. The molecule has 0 bridgehead atoms. The van der Waals surface area contributed by atoms with Crippen LogP contribution in [0.3, 0.4) is 0 Å². The van der Waals surface area contributed by atoms with Crippen LogP contribution in [0.1, 0.15) is 5.56 Å². The topological polar surface area (TPSA) is 108 Å². The van der Waals surface area contributed by atoms with Gasteiger partial charge in [0.15, 0.2) is 0 Å². The van der Waals surface area contributed by atoms with E-state index in [1.165, 1.54) is 29.4 Å². The molecule has 1 aromatic heterocycles. The fourth-order valence-electron chi connectivity index (χ4n) is 3.50. The third kappa shape index (κ3) is 4.13. The first-order valence-corrected chi connectivity index (χ1v) is 9.80. The van der Waals surface area contributed by atoms with Gasteiger partial charge < -0.3 is 9.64 Å². The molecule has 9 nitrogen and oxygen atoms in total. The number of likely N-dealkylation sites (N-methyl/N-ethyl adjacent to an activating group) is 1. The van der Waals surface area contributed by atoms with Gasteiger partial charge in [0.05, 0.1) is 29.3 Å². The molecule has 9 heteroatoms. The van der Waals surface area contributed by atoms with Gasteiger partial charge in [0, 0.05) is 25.7 Å². The molecule has 0 saturated carbocycles. The van der Waals surface area contributed by atoms with E-state index in [4.69, 9.17) is 4.74 Å². The number of hydrogen-bond donors (Lipinski definition) is 0. The number of rotatable bonds is 6. The molecule has 3 aromatic carbocycles. The van der Waals surface area contributed by atoms with E-state index in [-0.39, 0.29) is 23.5 Å². The number of hydrogen-bond acceptors (Lipinski definition) is 6. The first-order valence-electron chi connectivity index (χ1n) is 9.80. The third-order valence-corrected chi connectivity index (χ3v) is 5.28. The van der Waals surface area contributed by atoms with Crippen LogP contribution in [0.5, 0.6) is 5.75 Å². The Kier molecular flexibility index (Phi) is 5.55. The molecule has 0 N–H and O–H groups in total. The van der Waals surface area contributed by atoms with E-state index in [1.54, 1.807) is 14.2 Å². The van der Waals surface area contributed by atoms with Crippen molar-refractivity contribution in [1.29, 1.82) is 0 Å². The lowest BCUT2D eigenvalue weighted by atomic mass is 10.1. The van der Waals surface area contributed by atoms with Gasteiger partial charge in [-0.2, -0.15) is 0 Å². The van der Waals surface area contributed by atoms with Gasteiger partial charge >= 0.3 is 0 Å². The quantitative estimate of drug-likeness (QED) is 0.342. The molecule has 0 unspecified atom stereocenters. The first-order chi connectivity index (χ1) is 15.4. The highest BCUT2D eigenvalue weighted by Gasteiger charge is 2.15. The summed E-state index contributed by atoms with van der Waals surface area (Å²) in [5.41, 5.74) is 0.579. The molecule has 0 fully saturated rings. The summed E-state index contributed by atoms with van der Waals surface area (Å²) in [5, 5.41) is 13.2. The molecule has 0 aliphatic heterocycles. The van der Waals surface area contributed by atoms with E-state index < -0.39 is 10.5 Å². The number of benzene rings is 3. The van der Waals surface area contributed by atoms with Crippen molar-refractivity contribution in [3.05, 3.63) is 87.0 Å². The zero-order valence-electron chi connectivity index (χ0n) is 17.5. The zero-order chi connectivity index (χ0) is 22.8. The second-order valence-corrected chi connectivity index (χ2v) is 7.43. The molecule has 1 heterocycles. The monoisotopic (exact) mass is 432 g/mol. The average Bonchev–Trinajstić information content (AvgIpc) is 2.80. The predicted octanol–water partition coefficient (Wildman–Crippen LogP) is 3.13. The highest BCUT2D eigenvalue weighted by Crippen LogP contribution is 2.22. The van der Waals surface area contributed by atoms with Gasteiger partial charge in [-0.05, 0) is 40.6 Å². The second-order valence-electron chi connectivity index (χ2n) is 7.43. The van der Waals surface area contributed by atoms with Crippen molar-refractivity contribution in [2.24, 2.45) is 0 Å². The van der Waals surface area contributed by atoms with Crippen molar-refractivity contribution in [3.63, 3.8) is 0 Å². The van der Waals surface area contributed by atoms with Crippen LogP contribution in [0.2, 0.25) is 0 Å². The molecule has 0 radical (unpaired) electrons. The van der Waals surface area contributed by atoms with Gasteiger partial charge in [-0.3, -0.25) is 24.3 Å². The van der Waals surface area contributed by atoms with Crippen molar-refractivity contribution in [2.75, 3.05) is 14.2 Å². The van der Waals surface area contributed by atoms with Gasteiger partial charge in [0.1, 0.15) is 12.3 Å². The van der Waals surface area contributed by atoms with Crippen LogP contribution in [-0.4, -0.2) is 39.4 Å². The Labute approximate surface area is 182 Å².